The van der Waals surface area contributed by atoms with E-state index < -0.39 is 4.92 Å². The molecule has 2 rings (SSSR count). The van der Waals surface area contributed by atoms with Crippen LogP contribution in [0.15, 0.2) is 48.5 Å². The van der Waals surface area contributed by atoms with Gasteiger partial charge in [0.15, 0.2) is 0 Å². The molecule has 0 aliphatic rings. The molecule has 0 unspecified atom stereocenters. The molecule has 5 nitrogen and oxygen atoms in total. The van der Waals surface area contributed by atoms with Gasteiger partial charge in [0.05, 0.1) is 21.0 Å². The van der Waals surface area contributed by atoms with E-state index in [0.29, 0.717) is 21.2 Å². The topological polar surface area (TPSA) is 63.5 Å². The highest BCUT2D eigenvalue weighted by Crippen LogP contribution is 2.27. The van der Waals surface area contributed by atoms with Crippen molar-refractivity contribution in [2.75, 3.05) is 7.05 Å². The monoisotopic (exact) mass is 378 g/mol. The van der Waals surface area contributed by atoms with Gasteiger partial charge >= 0.3 is 0 Å². The van der Waals surface area contributed by atoms with E-state index in [1.165, 1.54) is 23.1 Å². The van der Waals surface area contributed by atoms with Crippen molar-refractivity contribution in [2.24, 2.45) is 0 Å². The molecular formula is C18H16Cl2N2O3. The lowest BCUT2D eigenvalue weighted by atomic mass is 10.1. The van der Waals surface area contributed by atoms with Crippen molar-refractivity contribution < 1.29 is 9.72 Å². The molecule has 0 N–H and O–H groups in total. The van der Waals surface area contributed by atoms with Gasteiger partial charge in [-0.1, -0.05) is 47.5 Å². The minimum absolute atomic E-state index is 0.00792. The molecule has 0 saturated heterocycles. The van der Waals surface area contributed by atoms with Gasteiger partial charge in [0.2, 0.25) is 5.91 Å². The smallest absolute Gasteiger partial charge is 0.269 e. The van der Waals surface area contributed by atoms with Crippen LogP contribution >= 0.6 is 23.2 Å². The number of halogens is 2. The first-order chi connectivity index (χ1) is 11.8. The fraction of sp³-hybridized carbons (Fsp3) is 0.167. The van der Waals surface area contributed by atoms with Crippen molar-refractivity contribution in [3.63, 3.8) is 0 Å². The zero-order valence-corrected chi connectivity index (χ0v) is 15.2. The van der Waals surface area contributed by atoms with E-state index in [4.69, 9.17) is 23.2 Å². The lowest BCUT2D eigenvalue weighted by Crippen LogP contribution is -2.28. The predicted molar refractivity (Wildman–Crippen MR) is 99.8 cm³/mol. The first kappa shape index (κ1) is 19.0. The molecular weight excluding hydrogens is 363 g/mol. The fourth-order valence-corrected chi connectivity index (χ4v) is 2.61. The highest BCUT2D eigenvalue weighted by atomic mass is 35.5. The number of carbonyl (C=O) groups excluding carboxylic acids is 1. The fourth-order valence-electron chi connectivity index (χ4n) is 2.24. The zero-order valence-electron chi connectivity index (χ0n) is 13.6. The third kappa shape index (κ3) is 4.59. The molecule has 0 aliphatic heterocycles. The SMILES string of the molecule is C[C@@H](c1cccc([N+](=O)[O-])c1)N(C)C(=O)/C=C/c1cccc(Cl)c1Cl. The van der Waals surface area contributed by atoms with Crippen LogP contribution in [-0.4, -0.2) is 22.8 Å². The summed E-state index contributed by atoms with van der Waals surface area (Å²) in [4.78, 5) is 24.3. The van der Waals surface area contributed by atoms with Crippen molar-refractivity contribution in [1.82, 2.24) is 4.90 Å². The Morgan fingerprint density at radius 1 is 1.24 bits per heavy atom. The average molecular weight is 379 g/mol. The van der Waals surface area contributed by atoms with Gasteiger partial charge in [-0.05, 0) is 30.2 Å². The minimum atomic E-state index is -0.459. The Balaban J connectivity index is 2.16. The molecule has 0 aliphatic carbocycles. The van der Waals surface area contributed by atoms with Crippen LogP contribution in [0.1, 0.15) is 24.1 Å². The minimum Gasteiger partial charge on any atom is -0.335 e. The molecule has 2 aromatic rings. The summed E-state index contributed by atoms with van der Waals surface area (Å²) in [5.74, 6) is -0.255. The quantitative estimate of drug-likeness (QED) is 0.411. The number of nitro groups is 1. The number of benzene rings is 2. The molecule has 1 amide bonds. The Hall–Kier alpha value is -2.37. The van der Waals surface area contributed by atoms with Crippen molar-refractivity contribution >= 4 is 40.9 Å². The summed E-state index contributed by atoms with van der Waals surface area (Å²) in [5.41, 5.74) is 1.31. The second-order valence-electron chi connectivity index (χ2n) is 5.45. The number of likely N-dealkylation sites (N-methyl/N-ethyl adjacent to an activating group) is 1. The molecule has 25 heavy (non-hydrogen) atoms. The Morgan fingerprint density at radius 2 is 1.92 bits per heavy atom. The molecule has 0 spiro atoms. The van der Waals surface area contributed by atoms with Gasteiger partial charge < -0.3 is 4.90 Å². The third-order valence-electron chi connectivity index (χ3n) is 3.88. The summed E-state index contributed by atoms with van der Waals surface area (Å²) < 4.78 is 0. The summed E-state index contributed by atoms with van der Waals surface area (Å²) in [7, 11) is 1.63. The van der Waals surface area contributed by atoms with Crippen LogP contribution < -0.4 is 0 Å². The highest BCUT2D eigenvalue weighted by molar-refractivity contribution is 6.42. The summed E-state index contributed by atoms with van der Waals surface area (Å²) in [6.07, 6.45) is 2.98. The summed E-state index contributed by atoms with van der Waals surface area (Å²) in [6.45, 7) is 1.80. The average Bonchev–Trinajstić information content (AvgIpc) is 2.61. The van der Waals surface area contributed by atoms with Crippen molar-refractivity contribution in [3.8, 4) is 0 Å². The van der Waals surface area contributed by atoms with Crippen LogP contribution in [0, 0.1) is 10.1 Å². The van der Waals surface area contributed by atoms with Crippen LogP contribution in [0.3, 0.4) is 0 Å². The molecule has 0 heterocycles. The molecule has 0 fully saturated rings. The zero-order chi connectivity index (χ0) is 18.6. The van der Waals surface area contributed by atoms with Gasteiger partial charge in [0, 0.05) is 25.3 Å². The highest BCUT2D eigenvalue weighted by Gasteiger charge is 2.17. The first-order valence-corrected chi connectivity index (χ1v) is 8.20. The van der Waals surface area contributed by atoms with Gasteiger partial charge in [0.25, 0.3) is 5.69 Å². The second kappa shape index (κ2) is 8.14. The van der Waals surface area contributed by atoms with Gasteiger partial charge in [-0.15, -0.1) is 0 Å². The number of amides is 1. The molecule has 0 aromatic heterocycles. The number of nitrogens with zero attached hydrogens (tertiary/aromatic N) is 2. The molecule has 7 heteroatoms. The molecule has 1 atom stereocenters. The number of rotatable bonds is 5. The molecule has 0 saturated carbocycles. The summed E-state index contributed by atoms with van der Waals surface area (Å²) in [6, 6.07) is 11.1. The van der Waals surface area contributed by atoms with E-state index in [1.54, 1.807) is 50.4 Å². The first-order valence-electron chi connectivity index (χ1n) is 7.44. The predicted octanol–water partition coefficient (Wildman–Crippen LogP) is 5.13. The van der Waals surface area contributed by atoms with Crippen LogP contribution in [-0.2, 0) is 4.79 Å². The van der Waals surface area contributed by atoms with E-state index >= 15 is 0 Å². The lowest BCUT2D eigenvalue weighted by Gasteiger charge is -2.24. The van der Waals surface area contributed by atoms with E-state index in [2.05, 4.69) is 0 Å². The van der Waals surface area contributed by atoms with Crippen molar-refractivity contribution in [2.45, 2.75) is 13.0 Å². The maximum absolute atomic E-state index is 12.4. The van der Waals surface area contributed by atoms with Crippen LogP contribution in [0.4, 0.5) is 5.69 Å². The molecule has 0 radical (unpaired) electrons. The van der Waals surface area contributed by atoms with Gasteiger partial charge in [-0.3, -0.25) is 14.9 Å². The number of hydrogen-bond donors (Lipinski definition) is 0. The maximum atomic E-state index is 12.4. The second-order valence-corrected chi connectivity index (χ2v) is 6.24. The summed E-state index contributed by atoms with van der Waals surface area (Å²) in [5, 5.41) is 11.7. The van der Waals surface area contributed by atoms with E-state index in [1.807, 2.05) is 0 Å². The number of nitro benzene ring substituents is 1. The van der Waals surface area contributed by atoms with E-state index in [0.717, 1.165) is 0 Å². The molecule has 0 bridgehead atoms. The molecule has 130 valence electrons. The summed E-state index contributed by atoms with van der Waals surface area (Å²) >= 11 is 12.0. The Labute approximate surface area is 155 Å². The van der Waals surface area contributed by atoms with Gasteiger partial charge in [-0.25, -0.2) is 0 Å². The Morgan fingerprint density at radius 3 is 2.60 bits per heavy atom. The van der Waals surface area contributed by atoms with E-state index in [9.17, 15) is 14.9 Å². The van der Waals surface area contributed by atoms with Crippen LogP contribution in [0.2, 0.25) is 10.0 Å². The Kier molecular flexibility index (Phi) is 6.17. The third-order valence-corrected chi connectivity index (χ3v) is 4.71. The number of hydrogen-bond acceptors (Lipinski definition) is 3. The van der Waals surface area contributed by atoms with Crippen molar-refractivity contribution in [1.29, 1.82) is 0 Å². The number of carbonyl (C=O) groups is 1. The van der Waals surface area contributed by atoms with Crippen molar-refractivity contribution in [3.05, 3.63) is 79.8 Å². The normalized spacial score (nSPS) is 12.2. The van der Waals surface area contributed by atoms with Gasteiger partial charge in [0.1, 0.15) is 0 Å². The van der Waals surface area contributed by atoms with Crippen LogP contribution in [0.5, 0.6) is 0 Å². The largest absolute Gasteiger partial charge is 0.335 e. The molecule has 2 aromatic carbocycles. The van der Waals surface area contributed by atoms with E-state index in [-0.39, 0.29) is 17.6 Å². The lowest BCUT2D eigenvalue weighted by molar-refractivity contribution is -0.384. The van der Waals surface area contributed by atoms with Crippen LogP contribution in [0.25, 0.3) is 6.08 Å². The number of non-ortho nitro benzene ring substituents is 1. The standard InChI is InChI=1S/C18H16Cl2N2O3/c1-12(14-6-3-7-15(11-14)22(24)25)21(2)17(23)10-9-13-5-4-8-16(19)18(13)20/h3-12H,1-2H3/b10-9+/t12-/m0/s1. The van der Waals surface area contributed by atoms with Gasteiger partial charge in [-0.2, -0.15) is 0 Å². The Bertz CT molecular complexity index is 837. The maximum Gasteiger partial charge on any atom is 0.269 e.